The van der Waals surface area contributed by atoms with Crippen LogP contribution in [0.4, 0.5) is 5.82 Å². The van der Waals surface area contributed by atoms with Crippen LogP contribution in [0, 0.1) is 13.8 Å². The van der Waals surface area contributed by atoms with Gasteiger partial charge in [0.05, 0.1) is 13.2 Å². The number of aromatic nitrogens is 2. The Kier molecular flexibility index (Phi) is 5.05. The number of morpholine rings is 1. The highest BCUT2D eigenvalue weighted by Crippen LogP contribution is 2.12. The Labute approximate surface area is 141 Å². The first-order chi connectivity index (χ1) is 11.6. The summed E-state index contributed by atoms with van der Waals surface area (Å²) in [6, 6.07) is 10.0. The zero-order valence-corrected chi connectivity index (χ0v) is 14.1. The third kappa shape index (κ3) is 4.08. The maximum Gasteiger partial charge on any atom is 0.272 e. The normalized spacial score (nSPS) is 14.5. The molecule has 0 saturated carbocycles. The summed E-state index contributed by atoms with van der Waals surface area (Å²) in [6.45, 7) is 6.88. The van der Waals surface area contributed by atoms with E-state index in [9.17, 15) is 4.79 Å². The topological polar surface area (TPSA) is 67.4 Å². The van der Waals surface area contributed by atoms with Crippen LogP contribution >= 0.6 is 0 Å². The van der Waals surface area contributed by atoms with Gasteiger partial charge >= 0.3 is 0 Å². The molecule has 0 bridgehead atoms. The van der Waals surface area contributed by atoms with Crippen LogP contribution in [0.15, 0.2) is 30.3 Å². The van der Waals surface area contributed by atoms with E-state index in [-0.39, 0.29) is 5.91 Å². The largest absolute Gasteiger partial charge is 0.378 e. The van der Waals surface area contributed by atoms with E-state index in [2.05, 4.69) is 46.5 Å². The Balaban J connectivity index is 1.71. The van der Waals surface area contributed by atoms with Gasteiger partial charge in [-0.25, -0.2) is 9.97 Å². The van der Waals surface area contributed by atoms with Gasteiger partial charge in [-0.2, -0.15) is 0 Å². The van der Waals surface area contributed by atoms with Gasteiger partial charge in [-0.05, 0) is 19.4 Å². The number of ether oxygens (including phenoxy) is 1. The number of nitrogens with one attached hydrogen (secondary N) is 1. The third-order valence-corrected chi connectivity index (χ3v) is 3.95. The van der Waals surface area contributed by atoms with E-state index in [0.717, 1.165) is 5.56 Å². The van der Waals surface area contributed by atoms with Crippen molar-refractivity contribution < 1.29 is 9.53 Å². The predicted molar refractivity (Wildman–Crippen MR) is 92.0 cm³/mol. The molecule has 0 atom stereocenters. The molecule has 3 rings (SSSR count). The van der Waals surface area contributed by atoms with Crippen LogP contribution in [0.25, 0.3) is 0 Å². The van der Waals surface area contributed by atoms with Gasteiger partial charge in [0.2, 0.25) is 0 Å². The molecule has 6 nitrogen and oxygen atoms in total. The van der Waals surface area contributed by atoms with Gasteiger partial charge in [-0.3, -0.25) is 4.79 Å². The van der Waals surface area contributed by atoms with E-state index < -0.39 is 0 Å². The first kappa shape index (κ1) is 16.4. The third-order valence-electron chi connectivity index (χ3n) is 3.95. The van der Waals surface area contributed by atoms with Crippen molar-refractivity contribution in [1.29, 1.82) is 0 Å². The highest BCUT2D eigenvalue weighted by atomic mass is 16.5. The Hall–Kier alpha value is -2.47. The molecule has 1 aromatic carbocycles. The van der Waals surface area contributed by atoms with Crippen molar-refractivity contribution in [2.45, 2.75) is 20.4 Å². The van der Waals surface area contributed by atoms with Gasteiger partial charge in [0.25, 0.3) is 5.91 Å². The molecule has 1 aliphatic heterocycles. The van der Waals surface area contributed by atoms with Crippen molar-refractivity contribution in [3.05, 3.63) is 53.0 Å². The lowest BCUT2D eigenvalue weighted by Gasteiger charge is -2.26. The summed E-state index contributed by atoms with van der Waals surface area (Å²) >= 11 is 0. The molecule has 6 heteroatoms. The second-order valence-electron chi connectivity index (χ2n) is 5.93. The van der Waals surface area contributed by atoms with E-state index >= 15 is 0 Å². The molecule has 24 heavy (non-hydrogen) atoms. The molecule has 0 radical (unpaired) electrons. The van der Waals surface area contributed by atoms with Crippen LogP contribution in [-0.2, 0) is 11.3 Å². The number of carbonyl (C=O) groups excluding carboxylic acids is 1. The second kappa shape index (κ2) is 7.40. The average Bonchev–Trinajstić information content (AvgIpc) is 2.61. The fourth-order valence-electron chi connectivity index (χ4n) is 2.59. The van der Waals surface area contributed by atoms with Gasteiger partial charge in [-0.1, -0.05) is 29.8 Å². The van der Waals surface area contributed by atoms with Gasteiger partial charge < -0.3 is 15.0 Å². The molecule has 1 fully saturated rings. The summed E-state index contributed by atoms with van der Waals surface area (Å²) in [5.41, 5.74) is 2.82. The smallest absolute Gasteiger partial charge is 0.272 e. The van der Waals surface area contributed by atoms with Gasteiger partial charge in [0.15, 0.2) is 0 Å². The number of anilines is 1. The molecule has 1 N–H and O–H groups in total. The monoisotopic (exact) mass is 326 g/mol. The Morgan fingerprint density at radius 1 is 1.17 bits per heavy atom. The molecule has 2 aromatic rings. The Bertz CT molecular complexity index is 709. The van der Waals surface area contributed by atoms with E-state index in [1.165, 1.54) is 5.56 Å². The van der Waals surface area contributed by atoms with E-state index in [0.29, 0.717) is 50.2 Å². The number of nitrogens with zero attached hydrogens (tertiary/aromatic N) is 3. The van der Waals surface area contributed by atoms with Crippen LogP contribution in [0.3, 0.4) is 0 Å². The number of hydrogen-bond donors (Lipinski definition) is 1. The molecule has 126 valence electrons. The zero-order valence-electron chi connectivity index (χ0n) is 14.1. The van der Waals surface area contributed by atoms with Gasteiger partial charge in [-0.15, -0.1) is 0 Å². The number of amides is 1. The first-order valence-corrected chi connectivity index (χ1v) is 8.14. The average molecular weight is 326 g/mol. The summed E-state index contributed by atoms with van der Waals surface area (Å²) in [7, 11) is 0. The van der Waals surface area contributed by atoms with Crippen LogP contribution < -0.4 is 5.32 Å². The molecular formula is C18H22N4O2. The minimum Gasteiger partial charge on any atom is -0.378 e. The summed E-state index contributed by atoms with van der Waals surface area (Å²) < 4.78 is 5.29. The van der Waals surface area contributed by atoms with E-state index in [1.807, 2.05) is 0 Å². The summed E-state index contributed by atoms with van der Waals surface area (Å²) in [6.07, 6.45) is 0. The van der Waals surface area contributed by atoms with Crippen LogP contribution in [-0.4, -0.2) is 47.1 Å². The van der Waals surface area contributed by atoms with Crippen molar-refractivity contribution in [3.8, 4) is 0 Å². The van der Waals surface area contributed by atoms with Crippen molar-refractivity contribution >= 4 is 11.7 Å². The number of aryl methyl sites for hydroxylation is 2. The first-order valence-electron chi connectivity index (χ1n) is 8.14. The lowest BCUT2D eigenvalue weighted by molar-refractivity contribution is 0.0299. The van der Waals surface area contributed by atoms with Gasteiger partial charge in [0, 0.05) is 25.7 Å². The van der Waals surface area contributed by atoms with Crippen molar-refractivity contribution in [2.75, 3.05) is 31.6 Å². The Morgan fingerprint density at radius 3 is 2.58 bits per heavy atom. The van der Waals surface area contributed by atoms with E-state index in [1.54, 1.807) is 17.9 Å². The molecule has 1 saturated heterocycles. The molecule has 1 amide bonds. The molecular weight excluding hydrogens is 304 g/mol. The zero-order chi connectivity index (χ0) is 16.9. The van der Waals surface area contributed by atoms with Crippen LogP contribution in [0.2, 0.25) is 0 Å². The molecule has 0 spiro atoms. The van der Waals surface area contributed by atoms with Crippen LogP contribution in [0.5, 0.6) is 0 Å². The minimum atomic E-state index is -0.0674. The number of hydrogen-bond acceptors (Lipinski definition) is 5. The number of rotatable bonds is 4. The predicted octanol–water partition coefficient (Wildman–Crippen LogP) is 2.18. The highest BCUT2D eigenvalue weighted by Gasteiger charge is 2.20. The fourth-order valence-corrected chi connectivity index (χ4v) is 2.59. The summed E-state index contributed by atoms with van der Waals surface area (Å²) in [5, 5.41) is 3.27. The van der Waals surface area contributed by atoms with Crippen molar-refractivity contribution in [1.82, 2.24) is 14.9 Å². The summed E-state index contributed by atoms with van der Waals surface area (Å²) in [4.78, 5) is 23.0. The molecule has 1 aromatic heterocycles. The van der Waals surface area contributed by atoms with E-state index in [4.69, 9.17) is 4.74 Å². The molecule has 0 unspecified atom stereocenters. The maximum absolute atomic E-state index is 12.6. The second-order valence-corrected chi connectivity index (χ2v) is 5.93. The summed E-state index contributed by atoms with van der Waals surface area (Å²) in [5.74, 6) is 1.18. The van der Waals surface area contributed by atoms with Gasteiger partial charge in [0.1, 0.15) is 17.3 Å². The van der Waals surface area contributed by atoms with Crippen LogP contribution in [0.1, 0.15) is 27.4 Å². The molecule has 1 aliphatic rings. The molecule has 2 heterocycles. The Morgan fingerprint density at radius 2 is 1.88 bits per heavy atom. The minimum absolute atomic E-state index is 0.0674. The standard InChI is InChI=1S/C18H22N4O2/c1-13-3-5-15(6-4-13)12-19-17-11-16(20-14(2)21-17)18(23)22-7-9-24-10-8-22/h3-6,11H,7-10,12H2,1-2H3,(H,19,20,21). The highest BCUT2D eigenvalue weighted by molar-refractivity contribution is 5.93. The lowest BCUT2D eigenvalue weighted by atomic mass is 10.1. The molecule has 0 aliphatic carbocycles. The number of benzene rings is 1. The van der Waals surface area contributed by atoms with Crippen molar-refractivity contribution in [3.63, 3.8) is 0 Å². The fraction of sp³-hybridized carbons (Fsp3) is 0.389. The lowest BCUT2D eigenvalue weighted by Crippen LogP contribution is -2.41. The van der Waals surface area contributed by atoms with Crippen molar-refractivity contribution in [2.24, 2.45) is 0 Å². The number of carbonyl (C=O) groups is 1. The quantitative estimate of drug-likeness (QED) is 0.933. The maximum atomic E-state index is 12.6. The SMILES string of the molecule is Cc1ccc(CNc2cc(C(=O)N3CCOCC3)nc(C)n2)cc1.